The molecule has 0 aromatic heterocycles. The van der Waals surface area contributed by atoms with E-state index in [9.17, 15) is 14.0 Å². The average molecular weight is 358 g/mol. The van der Waals surface area contributed by atoms with Crippen molar-refractivity contribution in [2.24, 2.45) is 0 Å². The van der Waals surface area contributed by atoms with Gasteiger partial charge in [0.05, 0.1) is 0 Å². The fourth-order valence-corrected chi connectivity index (χ4v) is 2.53. The summed E-state index contributed by atoms with van der Waals surface area (Å²) in [5.41, 5.74) is 1.35. The number of aryl methyl sites for hydroxylation is 1. The van der Waals surface area contributed by atoms with Crippen LogP contribution in [0.5, 0.6) is 5.75 Å². The summed E-state index contributed by atoms with van der Waals surface area (Å²) in [4.78, 5) is 26.0. The lowest BCUT2D eigenvalue weighted by atomic mass is 10.1. The summed E-state index contributed by atoms with van der Waals surface area (Å²) in [6.45, 7) is 3.27. The van der Waals surface area contributed by atoms with E-state index in [1.807, 2.05) is 25.1 Å². The van der Waals surface area contributed by atoms with E-state index >= 15 is 0 Å². The zero-order chi connectivity index (χ0) is 19.1. The molecule has 2 amide bonds. The van der Waals surface area contributed by atoms with Crippen molar-refractivity contribution >= 4 is 11.8 Å². The standard InChI is InChI=1S/C20H23FN2O3/c1-14-7-6-9-17(11-14)26-13-19(24)23(15(2)20(25)22-3)12-16-8-4-5-10-18(16)21/h4-11,15H,12-13H2,1-3H3,(H,22,25)/t15-/m1/s1. The van der Waals surface area contributed by atoms with Crippen LogP contribution in [0.2, 0.25) is 0 Å². The summed E-state index contributed by atoms with van der Waals surface area (Å²) >= 11 is 0. The number of amides is 2. The van der Waals surface area contributed by atoms with E-state index in [-0.39, 0.29) is 19.1 Å². The Kier molecular flexibility index (Phi) is 6.72. The number of nitrogens with zero attached hydrogens (tertiary/aromatic N) is 1. The Morgan fingerprint density at radius 3 is 2.58 bits per heavy atom. The highest BCUT2D eigenvalue weighted by Crippen LogP contribution is 2.15. The maximum atomic E-state index is 14.0. The van der Waals surface area contributed by atoms with Crippen LogP contribution in [-0.2, 0) is 16.1 Å². The maximum Gasteiger partial charge on any atom is 0.261 e. The van der Waals surface area contributed by atoms with Gasteiger partial charge in [-0.3, -0.25) is 9.59 Å². The number of ether oxygens (including phenoxy) is 1. The summed E-state index contributed by atoms with van der Waals surface area (Å²) < 4.78 is 19.5. The van der Waals surface area contributed by atoms with Gasteiger partial charge in [-0.05, 0) is 37.6 Å². The Hall–Kier alpha value is -2.89. The first kappa shape index (κ1) is 19.4. The lowest BCUT2D eigenvalue weighted by Gasteiger charge is -2.28. The summed E-state index contributed by atoms with van der Waals surface area (Å²) in [5.74, 6) is -0.582. The topological polar surface area (TPSA) is 58.6 Å². The molecule has 0 saturated carbocycles. The monoisotopic (exact) mass is 358 g/mol. The summed E-state index contributed by atoms with van der Waals surface area (Å²) in [6, 6.07) is 12.8. The SMILES string of the molecule is CNC(=O)[C@@H](C)N(Cc1ccccc1F)C(=O)COc1cccc(C)c1. The van der Waals surface area contributed by atoms with Crippen molar-refractivity contribution in [2.75, 3.05) is 13.7 Å². The second kappa shape index (κ2) is 8.99. The Morgan fingerprint density at radius 1 is 1.19 bits per heavy atom. The second-order valence-corrected chi connectivity index (χ2v) is 6.01. The van der Waals surface area contributed by atoms with E-state index < -0.39 is 17.8 Å². The number of likely N-dealkylation sites (N-methyl/N-ethyl adjacent to an activating group) is 1. The fraction of sp³-hybridized carbons (Fsp3) is 0.300. The van der Waals surface area contributed by atoms with E-state index in [4.69, 9.17) is 4.74 Å². The number of halogens is 1. The van der Waals surface area contributed by atoms with Crippen LogP contribution in [0.1, 0.15) is 18.1 Å². The largest absolute Gasteiger partial charge is 0.484 e. The van der Waals surface area contributed by atoms with Gasteiger partial charge in [-0.2, -0.15) is 0 Å². The number of rotatable bonds is 7. The Bertz CT molecular complexity index is 779. The minimum Gasteiger partial charge on any atom is -0.484 e. The van der Waals surface area contributed by atoms with Crippen molar-refractivity contribution in [2.45, 2.75) is 26.4 Å². The minimum absolute atomic E-state index is 0.0166. The van der Waals surface area contributed by atoms with Gasteiger partial charge in [-0.25, -0.2) is 4.39 Å². The van der Waals surface area contributed by atoms with Gasteiger partial charge in [-0.1, -0.05) is 30.3 Å². The number of hydrogen-bond acceptors (Lipinski definition) is 3. The van der Waals surface area contributed by atoms with Crippen molar-refractivity contribution in [3.8, 4) is 5.75 Å². The molecular formula is C20H23FN2O3. The molecule has 2 aromatic rings. The highest BCUT2D eigenvalue weighted by Gasteiger charge is 2.26. The molecule has 1 N–H and O–H groups in total. The molecule has 26 heavy (non-hydrogen) atoms. The molecule has 0 radical (unpaired) electrons. The Morgan fingerprint density at radius 2 is 1.92 bits per heavy atom. The number of benzene rings is 2. The molecule has 0 unspecified atom stereocenters. The average Bonchev–Trinajstić information content (AvgIpc) is 2.64. The fourth-order valence-electron chi connectivity index (χ4n) is 2.53. The molecule has 2 aromatic carbocycles. The Balaban J connectivity index is 2.15. The molecule has 0 aliphatic heterocycles. The van der Waals surface area contributed by atoms with Crippen molar-refractivity contribution in [3.05, 3.63) is 65.5 Å². The smallest absolute Gasteiger partial charge is 0.261 e. The molecule has 138 valence electrons. The molecule has 6 heteroatoms. The van der Waals surface area contributed by atoms with Crippen LogP contribution in [0.3, 0.4) is 0 Å². The summed E-state index contributed by atoms with van der Waals surface area (Å²) in [6.07, 6.45) is 0. The van der Waals surface area contributed by atoms with Crippen molar-refractivity contribution in [1.82, 2.24) is 10.2 Å². The van der Waals surface area contributed by atoms with Crippen LogP contribution in [0.4, 0.5) is 4.39 Å². The first-order chi connectivity index (χ1) is 12.4. The van der Waals surface area contributed by atoms with E-state index in [1.165, 1.54) is 18.0 Å². The molecule has 0 bridgehead atoms. The summed E-state index contributed by atoms with van der Waals surface area (Å²) in [5, 5.41) is 2.51. The number of nitrogens with one attached hydrogen (secondary N) is 1. The number of carbonyl (C=O) groups excluding carboxylic acids is 2. The van der Waals surface area contributed by atoms with E-state index in [1.54, 1.807) is 31.2 Å². The van der Waals surface area contributed by atoms with E-state index in [0.717, 1.165) is 5.56 Å². The molecule has 0 heterocycles. The van der Waals surface area contributed by atoms with Gasteiger partial charge in [0, 0.05) is 19.2 Å². The van der Waals surface area contributed by atoms with Gasteiger partial charge < -0.3 is 15.0 Å². The third kappa shape index (κ3) is 5.05. The zero-order valence-electron chi connectivity index (χ0n) is 15.2. The minimum atomic E-state index is -0.756. The quantitative estimate of drug-likeness (QED) is 0.828. The van der Waals surface area contributed by atoms with E-state index in [2.05, 4.69) is 5.32 Å². The zero-order valence-corrected chi connectivity index (χ0v) is 15.2. The predicted octanol–water partition coefficient (Wildman–Crippen LogP) is 2.68. The van der Waals surface area contributed by atoms with Crippen LogP contribution in [0.15, 0.2) is 48.5 Å². The van der Waals surface area contributed by atoms with Gasteiger partial charge in [0.15, 0.2) is 6.61 Å². The second-order valence-electron chi connectivity index (χ2n) is 6.01. The third-order valence-corrected chi connectivity index (χ3v) is 4.06. The predicted molar refractivity (Wildman–Crippen MR) is 97.2 cm³/mol. The molecule has 1 atom stereocenters. The molecule has 0 fully saturated rings. The van der Waals surface area contributed by atoms with Crippen LogP contribution in [-0.4, -0.2) is 36.4 Å². The molecular weight excluding hydrogens is 335 g/mol. The van der Waals surface area contributed by atoms with E-state index in [0.29, 0.717) is 11.3 Å². The van der Waals surface area contributed by atoms with Crippen LogP contribution in [0, 0.1) is 12.7 Å². The highest BCUT2D eigenvalue weighted by molar-refractivity contribution is 5.87. The molecule has 0 aliphatic carbocycles. The van der Waals surface area contributed by atoms with Crippen LogP contribution >= 0.6 is 0 Å². The normalized spacial score (nSPS) is 11.5. The summed E-state index contributed by atoms with van der Waals surface area (Å²) in [7, 11) is 1.49. The van der Waals surface area contributed by atoms with Gasteiger partial charge in [0.25, 0.3) is 5.91 Å². The molecule has 2 rings (SSSR count). The molecule has 0 saturated heterocycles. The van der Waals surface area contributed by atoms with Gasteiger partial charge >= 0.3 is 0 Å². The van der Waals surface area contributed by atoms with Crippen molar-refractivity contribution in [3.63, 3.8) is 0 Å². The number of carbonyl (C=O) groups is 2. The van der Waals surface area contributed by atoms with Gasteiger partial charge in [0.1, 0.15) is 17.6 Å². The Labute approximate surface area is 152 Å². The highest BCUT2D eigenvalue weighted by atomic mass is 19.1. The first-order valence-corrected chi connectivity index (χ1v) is 8.36. The van der Waals surface area contributed by atoms with Crippen molar-refractivity contribution in [1.29, 1.82) is 0 Å². The molecule has 0 spiro atoms. The van der Waals surface area contributed by atoms with Crippen LogP contribution < -0.4 is 10.1 Å². The lowest BCUT2D eigenvalue weighted by molar-refractivity contribution is -0.142. The number of hydrogen-bond donors (Lipinski definition) is 1. The van der Waals surface area contributed by atoms with Crippen LogP contribution in [0.25, 0.3) is 0 Å². The lowest BCUT2D eigenvalue weighted by Crippen LogP contribution is -2.48. The van der Waals surface area contributed by atoms with Crippen molar-refractivity contribution < 1.29 is 18.7 Å². The molecule has 0 aliphatic rings. The van der Waals surface area contributed by atoms with Gasteiger partial charge in [-0.15, -0.1) is 0 Å². The molecule has 5 nitrogen and oxygen atoms in total. The first-order valence-electron chi connectivity index (χ1n) is 8.36. The third-order valence-electron chi connectivity index (χ3n) is 4.06. The maximum absolute atomic E-state index is 14.0. The van der Waals surface area contributed by atoms with Gasteiger partial charge in [0.2, 0.25) is 5.91 Å².